The molecule has 1 aromatic heterocycles. The predicted octanol–water partition coefficient (Wildman–Crippen LogP) is 3.27. The van der Waals surface area contributed by atoms with Crippen LogP contribution in [-0.4, -0.2) is 16.1 Å². The highest BCUT2D eigenvalue weighted by Crippen LogP contribution is 2.27. The van der Waals surface area contributed by atoms with Gasteiger partial charge in [0.25, 0.3) is 0 Å². The number of aromatic nitrogens is 2. The summed E-state index contributed by atoms with van der Waals surface area (Å²) in [4.78, 5) is 11.9. The minimum Gasteiger partial charge on any atom is -0.311 e. The summed E-state index contributed by atoms with van der Waals surface area (Å²) in [6.45, 7) is 2.06. The van der Waals surface area contributed by atoms with Crippen LogP contribution in [0.1, 0.15) is 57.4 Å². The molecule has 18 heavy (non-hydrogen) atoms. The Hall–Kier alpha value is -1.32. The Kier molecular flexibility index (Phi) is 4.79. The Morgan fingerprint density at radius 3 is 2.94 bits per heavy atom. The molecule has 100 valence electrons. The zero-order valence-electron chi connectivity index (χ0n) is 11.2. The number of aryl methyl sites for hydroxylation is 1. The second kappa shape index (κ2) is 6.57. The van der Waals surface area contributed by atoms with Gasteiger partial charge < -0.3 is 5.32 Å². The van der Waals surface area contributed by atoms with Gasteiger partial charge in [0, 0.05) is 12.0 Å². The first kappa shape index (κ1) is 13.1. The maximum Gasteiger partial charge on any atom is 0.225 e. The van der Waals surface area contributed by atoms with Crippen molar-refractivity contribution in [3.8, 4) is 0 Å². The van der Waals surface area contributed by atoms with E-state index < -0.39 is 0 Å². The lowest BCUT2D eigenvalue weighted by Crippen LogP contribution is -2.15. The number of aromatic amines is 1. The molecule has 0 atom stereocenters. The van der Waals surface area contributed by atoms with E-state index in [1.807, 2.05) is 0 Å². The van der Waals surface area contributed by atoms with Crippen LogP contribution in [-0.2, 0) is 11.2 Å². The largest absolute Gasteiger partial charge is 0.311 e. The van der Waals surface area contributed by atoms with E-state index in [0.717, 1.165) is 30.1 Å². The fourth-order valence-electron chi connectivity index (χ4n) is 2.70. The van der Waals surface area contributed by atoms with Gasteiger partial charge in [0.1, 0.15) is 5.82 Å². The van der Waals surface area contributed by atoms with Gasteiger partial charge in [-0.15, -0.1) is 0 Å². The Morgan fingerprint density at radius 1 is 1.44 bits per heavy atom. The second-order valence-electron chi connectivity index (χ2n) is 5.21. The first-order valence-corrected chi connectivity index (χ1v) is 7.11. The lowest BCUT2D eigenvalue weighted by Gasteiger charge is -2.20. The van der Waals surface area contributed by atoms with E-state index in [9.17, 15) is 4.79 Å². The summed E-state index contributed by atoms with van der Waals surface area (Å²) in [5.41, 5.74) is 1.07. The third kappa shape index (κ3) is 3.59. The van der Waals surface area contributed by atoms with E-state index in [2.05, 4.69) is 22.4 Å². The maximum atomic E-state index is 11.9. The molecular formula is C14H23N3O. The number of hydrogen-bond acceptors (Lipinski definition) is 2. The Morgan fingerprint density at radius 2 is 2.22 bits per heavy atom. The summed E-state index contributed by atoms with van der Waals surface area (Å²) in [6.07, 6.45) is 11.0. The first-order valence-electron chi connectivity index (χ1n) is 7.11. The number of carbonyl (C=O) groups excluding carboxylic acids is 1. The summed E-state index contributed by atoms with van der Waals surface area (Å²) in [6, 6.07) is 0. The summed E-state index contributed by atoms with van der Waals surface area (Å²) in [7, 11) is 0. The summed E-state index contributed by atoms with van der Waals surface area (Å²) in [5, 5.41) is 9.72. The van der Waals surface area contributed by atoms with Gasteiger partial charge in [0.2, 0.25) is 5.91 Å². The molecule has 1 aliphatic carbocycles. The quantitative estimate of drug-likeness (QED) is 0.841. The van der Waals surface area contributed by atoms with E-state index in [0.29, 0.717) is 6.42 Å². The third-order valence-corrected chi connectivity index (χ3v) is 3.87. The zero-order valence-corrected chi connectivity index (χ0v) is 11.2. The Labute approximate surface area is 109 Å². The minimum absolute atomic E-state index is 0.111. The van der Waals surface area contributed by atoms with Crippen molar-refractivity contribution in [2.24, 2.45) is 5.92 Å². The van der Waals surface area contributed by atoms with Crippen LogP contribution in [0.15, 0.2) is 6.20 Å². The van der Waals surface area contributed by atoms with Crippen LogP contribution in [0.25, 0.3) is 0 Å². The molecule has 0 saturated heterocycles. The SMILES string of the molecule is CCc1cn[nH]c1NC(=O)CCC1CCCCC1. The molecule has 0 radical (unpaired) electrons. The number of anilines is 1. The van der Waals surface area contributed by atoms with Gasteiger partial charge in [-0.25, -0.2) is 0 Å². The number of rotatable bonds is 5. The van der Waals surface area contributed by atoms with Crippen LogP contribution in [0, 0.1) is 5.92 Å². The molecule has 0 unspecified atom stereocenters. The van der Waals surface area contributed by atoms with Crippen LogP contribution in [0.4, 0.5) is 5.82 Å². The summed E-state index contributed by atoms with van der Waals surface area (Å²) in [5.74, 6) is 1.64. The topological polar surface area (TPSA) is 57.8 Å². The van der Waals surface area contributed by atoms with Crippen LogP contribution in [0.3, 0.4) is 0 Å². The highest BCUT2D eigenvalue weighted by Gasteiger charge is 2.15. The number of nitrogens with zero attached hydrogens (tertiary/aromatic N) is 1. The molecule has 2 N–H and O–H groups in total. The number of carbonyl (C=O) groups is 1. The summed E-state index contributed by atoms with van der Waals surface area (Å²) >= 11 is 0. The average molecular weight is 249 g/mol. The molecule has 1 aromatic rings. The molecule has 1 saturated carbocycles. The number of H-pyrrole nitrogens is 1. The van der Waals surface area contributed by atoms with Crippen molar-refractivity contribution in [3.05, 3.63) is 11.8 Å². The molecular weight excluding hydrogens is 226 g/mol. The molecule has 4 nitrogen and oxygen atoms in total. The van der Waals surface area contributed by atoms with Crippen LogP contribution in [0.2, 0.25) is 0 Å². The van der Waals surface area contributed by atoms with Crippen molar-refractivity contribution >= 4 is 11.7 Å². The van der Waals surface area contributed by atoms with Gasteiger partial charge in [-0.3, -0.25) is 9.89 Å². The molecule has 0 bridgehead atoms. The maximum absolute atomic E-state index is 11.9. The third-order valence-electron chi connectivity index (χ3n) is 3.87. The smallest absolute Gasteiger partial charge is 0.225 e. The van der Waals surface area contributed by atoms with Crippen molar-refractivity contribution in [1.29, 1.82) is 0 Å². The number of nitrogens with one attached hydrogen (secondary N) is 2. The Bertz CT molecular complexity index is 380. The summed E-state index contributed by atoms with van der Waals surface area (Å²) < 4.78 is 0. The van der Waals surface area contributed by atoms with Crippen LogP contribution < -0.4 is 5.32 Å². The van der Waals surface area contributed by atoms with Crippen LogP contribution in [0.5, 0.6) is 0 Å². The fraction of sp³-hybridized carbons (Fsp3) is 0.714. The van der Waals surface area contributed by atoms with E-state index in [1.54, 1.807) is 6.20 Å². The highest BCUT2D eigenvalue weighted by atomic mass is 16.1. The van der Waals surface area contributed by atoms with Gasteiger partial charge in [-0.2, -0.15) is 5.10 Å². The predicted molar refractivity (Wildman–Crippen MR) is 72.4 cm³/mol. The molecule has 4 heteroatoms. The first-order chi connectivity index (χ1) is 8.79. The lowest BCUT2D eigenvalue weighted by molar-refractivity contribution is -0.116. The fourth-order valence-corrected chi connectivity index (χ4v) is 2.70. The molecule has 0 spiro atoms. The molecule has 0 aromatic carbocycles. The standard InChI is InChI=1S/C14H23N3O/c1-2-12-10-15-17-14(12)16-13(18)9-8-11-6-4-3-5-7-11/h10-11H,2-9H2,1H3,(H2,15,16,17,18). The van der Waals surface area contributed by atoms with Crippen molar-refractivity contribution in [2.75, 3.05) is 5.32 Å². The van der Waals surface area contributed by atoms with Gasteiger partial charge in [-0.05, 0) is 18.8 Å². The molecule has 1 heterocycles. The Balaban J connectivity index is 1.74. The van der Waals surface area contributed by atoms with E-state index in [-0.39, 0.29) is 5.91 Å². The average Bonchev–Trinajstić information content (AvgIpc) is 2.85. The van der Waals surface area contributed by atoms with E-state index in [4.69, 9.17) is 0 Å². The van der Waals surface area contributed by atoms with Crippen molar-refractivity contribution in [3.63, 3.8) is 0 Å². The van der Waals surface area contributed by atoms with E-state index in [1.165, 1.54) is 32.1 Å². The second-order valence-corrected chi connectivity index (χ2v) is 5.21. The lowest BCUT2D eigenvalue weighted by atomic mass is 9.86. The normalized spacial score (nSPS) is 16.7. The van der Waals surface area contributed by atoms with E-state index >= 15 is 0 Å². The van der Waals surface area contributed by atoms with Crippen LogP contribution >= 0.6 is 0 Å². The minimum atomic E-state index is 0.111. The highest BCUT2D eigenvalue weighted by molar-refractivity contribution is 5.90. The molecule has 2 rings (SSSR count). The van der Waals surface area contributed by atoms with Crippen molar-refractivity contribution in [2.45, 2.75) is 58.3 Å². The van der Waals surface area contributed by atoms with Gasteiger partial charge in [0.15, 0.2) is 0 Å². The molecule has 1 amide bonds. The van der Waals surface area contributed by atoms with Gasteiger partial charge >= 0.3 is 0 Å². The molecule has 0 aliphatic heterocycles. The van der Waals surface area contributed by atoms with Crippen molar-refractivity contribution in [1.82, 2.24) is 10.2 Å². The van der Waals surface area contributed by atoms with Gasteiger partial charge in [-0.1, -0.05) is 39.0 Å². The zero-order chi connectivity index (χ0) is 12.8. The molecule has 1 aliphatic rings. The monoisotopic (exact) mass is 249 g/mol. The van der Waals surface area contributed by atoms with Gasteiger partial charge in [0.05, 0.1) is 6.20 Å². The number of amides is 1. The van der Waals surface area contributed by atoms with Crippen molar-refractivity contribution < 1.29 is 4.79 Å². The number of hydrogen-bond donors (Lipinski definition) is 2. The molecule has 1 fully saturated rings.